The van der Waals surface area contributed by atoms with E-state index in [4.69, 9.17) is 14.7 Å². The lowest BCUT2D eigenvalue weighted by Gasteiger charge is -2.37. The van der Waals surface area contributed by atoms with Gasteiger partial charge in [0.15, 0.2) is 5.16 Å². The smallest absolute Gasteiger partial charge is 0.251 e. The summed E-state index contributed by atoms with van der Waals surface area (Å²) >= 11 is 1.59. The minimum absolute atomic E-state index is 0.107. The van der Waals surface area contributed by atoms with Crippen molar-refractivity contribution in [3.8, 4) is 0 Å². The number of rotatable bonds is 10. The van der Waals surface area contributed by atoms with Crippen LogP contribution in [0.15, 0.2) is 59.8 Å². The van der Waals surface area contributed by atoms with Crippen molar-refractivity contribution in [2.45, 2.75) is 24.3 Å². The van der Waals surface area contributed by atoms with Gasteiger partial charge in [-0.15, -0.1) is 0 Å². The van der Waals surface area contributed by atoms with E-state index in [1.54, 1.807) is 24.9 Å². The van der Waals surface area contributed by atoms with Crippen LogP contribution in [-0.2, 0) is 16.9 Å². The average molecular weight is 510 g/mol. The van der Waals surface area contributed by atoms with E-state index in [1.165, 1.54) is 6.07 Å². The summed E-state index contributed by atoms with van der Waals surface area (Å²) in [6, 6.07) is 16.6. The molecule has 0 aliphatic carbocycles. The van der Waals surface area contributed by atoms with Crippen LogP contribution in [-0.4, -0.2) is 62.3 Å². The van der Waals surface area contributed by atoms with Crippen molar-refractivity contribution in [1.82, 2.24) is 15.3 Å². The highest BCUT2D eigenvalue weighted by Crippen LogP contribution is 2.26. The summed E-state index contributed by atoms with van der Waals surface area (Å²) in [4.78, 5) is 26.1. The second-order valence-corrected chi connectivity index (χ2v) is 9.46. The predicted octanol–water partition coefficient (Wildman–Crippen LogP) is 4.17. The molecule has 0 saturated carbocycles. The van der Waals surface area contributed by atoms with Crippen LogP contribution in [0.3, 0.4) is 0 Å². The Labute approximate surface area is 216 Å². The predicted molar refractivity (Wildman–Crippen MR) is 142 cm³/mol. The highest BCUT2D eigenvalue weighted by molar-refractivity contribution is 7.98. The zero-order valence-electron chi connectivity index (χ0n) is 20.7. The average Bonchev–Trinajstić information content (AvgIpc) is 2.92. The number of thioether (sulfide) groups is 1. The SMILES string of the molecule is CCc1cc(N2CCN(c3ccccc3F)CC2)nc(SCc2ccc(C(=O)NCCOC)cc2)n1. The molecule has 9 heteroatoms. The fourth-order valence-electron chi connectivity index (χ4n) is 4.02. The third-order valence-corrected chi connectivity index (χ3v) is 7.00. The number of hydrogen-bond donors (Lipinski definition) is 1. The number of benzene rings is 2. The molecule has 1 N–H and O–H groups in total. The molecule has 7 nitrogen and oxygen atoms in total. The van der Waals surface area contributed by atoms with E-state index in [2.05, 4.69) is 28.1 Å². The molecule has 1 saturated heterocycles. The first kappa shape index (κ1) is 25.9. The molecule has 3 aromatic rings. The summed E-state index contributed by atoms with van der Waals surface area (Å²) < 4.78 is 19.2. The third kappa shape index (κ3) is 6.73. The number of methoxy groups -OCH3 is 1. The first-order valence-electron chi connectivity index (χ1n) is 12.2. The Hall–Kier alpha value is -3.17. The zero-order valence-corrected chi connectivity index (χ0v) is 21.6. The van der Waals surface area contributed by atoms with Crippen LogP contribution in [0, 0.1) is 5.82 Å². The van der Waals surface area contributed by atoms with Gasteiger partial charge in [0, 0.05) is 62.9 Å². The molecule has 2 heterocycles. The number of anilines is 2. The molecule has 1 fully saturated rings. The van der Waals surface area contributed by atoms with Crippen molar-refractivity contribution < 1.29 is 13.9 Å². The number of nitrogens with one attached hydrogen (secondary N) is 1. The molecular formula is C27H32FN5O2S. The maximum absolute atomic E-state index is 14.2. The lowest BCUT2D eigenvalue weighted by atomic mass is 10.1. The van der Waals surface area contributed by atoms with Gasteiger partial charge in [0.2, 0.25) is 0 Å². The number of ether oxygens (including phenoxy) is 1. The number of nitrogens with zero attached hydrogens (tertiary/aromatic N) is 4. The first-order valence-corrected chi connectivity index (χ1v) is 13.2. The summed E-state index contributed by atoms with van der Waals surface area (Å²) in [5.41, 5.74) is 3.38. The highest BCUT2D eigenvalue weighted by atomic mass is 32.2. The Morgan fingerprint density at radius 3 is 2.47 bits per heavy atom. The number of amides is 1. The van der Waals surface area contributed by atoms with Crippen molar-refractivity contribution >= 4 is 29.2 Å². The molecule has 1 aliphatic rings. The number of halogens is 1. The van der Waals surface area contributed by atoms with Crippen LogP contribution in [0.25, 0.3) is 0 Å². The van der Waals surface area contributed by atoms with E-state index < -0.39 is 0 Å². The van der Waals surface area contributed by atoms with E-state index in [1.807, 2.05) is 36.4 Å². The van der Waals surface area contributed by atoms with Gasteiger partial charge < -0.3 is 19.9 Å². The number of piperazine rings is 1. The Bertz CT molecular complexity index is 1150. The molecule has 1 aliphatic heterocycles. The molecule has 1 amide bonds. The molecule has 0 radical (unpaired) electrons. The lowest BCUT2D eigenvalue weighted by molar-refractivity contribution is 0.0937. The lowest BCUT2D eigenvalue weighted by Crippen LogP contribution is -2.47. The van der Waals surface area contributed by atoms with E-state index in [9.17, 15) is 9.18 Å². The molecule has 2 aromatic carbocycles. The number of carbonyl (C=O) groups is 1. The van der Waals surface area contributed by atoms with Gasteiger partial charge in [0.05, 0.1) is 12.3 Å². The largest absolute Gasteiger partial charge is 0.383 e. The minimum atomic E-state index is -0.181. The summed E-state index contributed by atoms with van der Waals surface area (Å²) in [5.74, 6) is 1.34. The number of aromatic nitrogens is 2. The van der Waals surface area contributed by atoms with Gasteiger partial charge in [-0.1, -0.05) is 43.0 Å². The van der Waals surface area contributed by atoms with E-state index in [0.717, 1.165) is 54.8 Å². The normalized spacial score (nSPS) is 13.6. The van der Waals surface area contributed by atoms with E-state index >= 15 is 0 Å². The standard InChI is InChI=1S/C27H32FN5O2S/c1-3-22-18-25(33-15-13-32(14-16-33)24-7-5-4-6-23(24)28)31-27(30-22)36-19-20-8-10-21(11-9-20)26(34)29-12-17-35-2/h4-11,18H,3,12-17,19H2,1-2H3,(H,29,34). The topological polar surface area (TPSA) is 70.6 Å². The molecule has 0 atom stereocenters. The molecule has 190 valence electrons. The Balaban J connectivity index is 1.36. The second kappa shape index (κ2) is 12.7. The number of para-hydroxylation sites is 1. The van der Waals surface area contributed by atoms with Crippen LogP contribution >= 0.6 is 11.8 Å². The maximum atomic E-state index is 14.2. The zero-order chi connectivity index (χ0) is 25.3. The summed E-state index contributed by atoms with van der Waals surface area (Å²) in [6.45, 7) is 6.08. The summed E-state index contributed by atoms with van der Waals surface area (Å²) in [7, 11) is 1.61. The van der Waals surface area contributed by atoms with Gasteiger partial charge in [0.25, 0.3) is 5.91 Å². The van der Waals surface area contributed by atoms with Gasteiger partial charge in [-0.3, -0.25) is 4.79 Å². The molecule has 0 spiro atoms. The molecule has 4 rings (SSSR count). The van der Waals surface area contributed by atoms with Crippen LogP contribution in [0.5, 0.6) is 0 Å². The fraction of sp³-hybridized carbons (Fsp3) is 0.370. The number of aryl methyl sites for hydroxylation is 1. The summed E-state index contributed by atoms with van der Waals surface area (Å²) in [5, 5.41) is 3.56. The second-order valence-electron chi connectivity index (χ2n) is 8.51. The van der Waals surface area contributed by atoms with Gasteiger partial charge >= 0.3 is 0 Å². The number of carbonyl (C=O) groups excluding carboxylic acids is 1. The highest BCUT2D eigenvalue weighted by Gasteiger charge is 2.21. The van der Waals surface area contributed by atoms with Crippen molar-refractivity contribution in [2.24, 2.45) is 0 Å². The Morgan fingerprint density at radius 1 is 1.06 bits per heavy atom. The van der Waals surface area contributed by atoms with E-state index in [-0.39, 0.29) is 11.7 Å². The molecule has 1 aromatic heterocycles. The van der Waals surface area contributed by atoms with Gasteiger partial charge in [-0.05, 0) is 36.2 Å². The van der Waals surface area contributed by atoms with E-state index in [0.29, 0.717) is 30.2 Å². The maximum Gasteiger partial charge on any atom is 0.251 e. The van der Waals surface area contributed by atoms with Crippen molar-refractivity contribution in [3.05, 3.63) is 77.2 Å². The van der Waals surface area contributed by atoms with Crippen molar-refractivity contribution in [2.75, 3.05) is 56.2 Å². The van der Waals surface area contributed by atoms with Gasteiger partial charge in [-0.25, -0.2) is 14.4 Å². The Morgan fingerprint density at radius 2 is 1.78 bits per heavy atom. The molecule has 0 unspecified atom stereocenters. The van der Waals surface area contributed by atoms with Crippen LogP contribution in [0.1, 0.15) is 28.5 Å². The molecular weight excluding hydrogens is 477 g/mol. The monoisotopic (exact) mass is 509 g/mol. The van der Waals surface area contributed by atoms with Gasteiger partial charge in [0.1, 0.15) is 11.6 Å². The fourth-order valence-corrected chi connectivity index (χ4v) is 4.85. The summed E-state index contributed by atoms with van der Waals surface area (Å²) in [6.07, 6.45) is 0.825. The van der Waals surface area contributed by atoms with Crippen molar-refractivity contribution in [1.29, 1.82) is 0 Å². The first-order chi connectivity index (χ1) is 17.6. The van der Waals surface area contributed by atoms with Crippen LogP contribution < -0.4 is 15.1 Å². The van der Waals surface area contributed by atoms with Gasteiger partial charge in [-0.2, -0.15) is 0 Å². The van der Waals surface area contributed by atoms with Crippen LogP contribution in [0.2, 0.25) is 0 Å². The minimum Gasteiger partial charge on any atom is -0.383 e. The third-order valence-electron chi connectivity index (χ3n) is 6.08. The molecule has 0 bridgehead atoms. The quantitative estimate of drug-likeness (QED) is 0.250. The Kier molecular flexibility index (Phi) is 9.13. The molecule has 36 heavy (non-hydrogen) atoms. The number of hydrogen-bond acceptors (Lipinski definition) is 7. The van der Waals surface area contributed by atoms with Crippen molar-refractivity contribution in [3.63, 3.8) is 0 Å². The van der Waals surface area contributed by atoms with Crippen LogP contribution in [0.4, 0.5) is 15.9 Å².